The molecule has 5 nitrogen and oxygen atoms in total. The number of morpholine rings is 1. The highest BCUT2D eigenvalue weighted by atomic mass is 16.5. The maximum absolute atomic E-state index is 12.1. The number of ether oxygens (including phenoxy) is 1. The molecule has 128 valence electrons. The van der Waals surface area contributed by atoms with E-state index in [9.17, 15) is 4.79 Å². The van der Waals surface area contributed by atoms with Gasteiger partial charge in [0.2, 0.25) is 5.91 Å². The number of amides is 1. The molecular formula is C17H33N3O2. The van der Waals surface area contributed by atoms with Gasteiger partial charge in [0.15, 0.2) is 0 Å². The molecule has 0 bridgehead atoms. The lowest BCUT2D eigenvalue weighted by molar-refractivity contribution is -0.122. The third kappa shape index (κ3) is 5.86. The summed E-state index contributed by atoms with van der Waals surface area (Å²) < 4.78 is 5.71. The number of nitrogens with one attached hydrogen (secondary N) is 2. The van der Waals surface area contributed by atoms with E-state index in [0.29, 0.717) is 18.3 Å². The molecule has 2 heterocycles. The molecular weight excluding hydrogens is 278 g/mol. The van der Waals surface area contributed by atoms with Gasteiger partial charge in [-0.25, -0.2) is 0 Å². The van der Waals surface area contributed by atoms with Crippen LogP contribution in [0.15, 0.2) is 0 Å². The molecule has 0 aromatic carbocycles. The van der Waals surface area contributed by atoms with Crippen molar-refractivity contribution in [1.29, 1.82) is 0 Å². The van der Waals surface area contributed by atoms with Gasteiger partial charge >= 0.3 is 0 Å². The Hall–Kier alpha value is -0.650. The van der Waals surface area contributed by atoms with E-state index in [2.05, 4.69) is 36.3 Å². The van der Waals surface area contributed by atoms with Crippen LogP contribution in [0.3, 0.4) is 0 Å². The van der Waals surface area contributed by atoms with E-state index in [1.165, 1.54) is 12.8 Å². The third-order valence-corrected chi connectivity index (χ3v) is 4.90. The summed E-state index contributed by atoms with van der Waals surface area (Å²) in [6, 6.07) is 0. The van der Waals surface area contributed by atoms with Gasteiger partial charge in [0, 0.05) is 32.6 Å². The summed E-state index contributed by atoms with van der Waals surface area (Å²) in [5.74, 6) is 1.32. The average molecular weight is 311 g/mol. The summed E-state index contributed by atoms with van der Waals surface area (Å²) in [5, 5.41) is 6.52. The molecule has 2 N–H and O–H groups in total. The Labute approximate surface area is 135 Å². The average Bonchev–Trinajstić information content (AvgIpc) is 2.47. The molecule has 0 aliphatic carbocycles. The van der Waals surface area contributed by atoms with E-state index in [1.54, 1.807) is 0 Å². The van der Waals surface area contributed by atoms with Crippen LogP contribution >= 0.6 is 0 Å². The van der Waals surface area contributed by atoms with Crippen LogP contribution in [0.25, 0.3) is 0 Å². The minimum absolute atomic E-state index is 0.0647. The van der Waals surface area contributed by atoms with Crippen LogP contribution in [-0.2, 0) is 9.53 Å². The lowest BCUT2D eigenvalue weighted by Crippen LogP contribution is -2.50. The summed E-state index contributed by atoms with van der Waals surface area (Å²) in [6.45, 7) is 13.0. The van der Waals surface area contributed by atoms with Crippen molar-refractivity contribution in [1.82, 2.24) is 15.5 Å². The second-order valence-corrected chi connectivity index (χ2v) is 7.52. The molecule has 1 amide bonds. The molecule has 2 rings (SSSR count). The predicted molar refractivity (Wildman–Crippen MR) is 88.9 cm³/mol. The summed E-state index contributed by atoms with van der Waals surface area (Å²) in [6.07, 6.45) is 3.15. The highest BCUT2D eigenvalue weighted by molar-refractivity contribution is 5.76. The molecule has 0 aromatic rings. The maximum atomic E-state index is 12.1. The monoisotopic (exact) mass is 311 g/mol. The van der Waals surface area contributed by atoms with E-state index in [1.807, 2.05) is 0 Å². The molecule has 2 aliphatic rings. The van der Waals surface area contributed by atoms with Crippen molar-refractivity contribution >= 4 is 5.91 Å². The SMILES string of the molecule is CC(CC(=O)NCCN1CCOC(C)(C)C1)C1CCCNC1. The zero-order valence-electron chi connectivity index (χ0n) is 14.5. The van der Waals surface area contributed by atoms with E-state index in [4.69, 9.17) is 4.74 Å². The minimum Gasteiger partial charge on any atom is -0.373 e. The summed E-state index contributed by atoms with van der Waals surface area (Å²) in [4.78, 5) is 14.5. The van der Waals surface area contributed by atoms with Crippen LogP contribution in [0.4, 0.5) is 0 Å². The van der Waals surface area contributed by atoms with E-state index in [0.717, 1.165) is 45.9 Å². The van der Waals surface area contributed by atoms with E-state index in [-0.39, 0.29) is 11.5 Å². The van der Waals surface area contributed by atoms with Gasteiger partial charge in [-0.15, -0.1) is 0 Å². The van der Waals surface area contributed by atoms with Crippen LogP contribution in [0.5, 0.6) is 0 Å². The fourth-order valence-electron chi connectivity index (χ4n) is 3.55. The first-order valence-electron chi connectivity index (χ1n) is 8.80. The van der Waals surface area contributed by atoms with Crippen molar-refractivity contribution < 1.29 is 9.53 Å². The van der Waals surface area contributed by atoms with Gasteiger partial charge in [-0.1, -0.05) is 6.92 Å². The molecule has 2 unspecified atom stereocenters. The molecule has 22 heavy (non-hydrogen) atoms. The molecule has 2 atom stereocenters. The molecule has 2 fully saturated rings. The van der Waals surface area contributed by atoms with Crippen molar-refractivity contribution in [3.63, 3.8) is 0 Å². The third-order valence-electron chi connectivity index (χ3n) is 4.90. The van der Waals surface area contributed by atoms with Crippen LogP contribution in [-0.4, -0.2) is 62.3 Å². The van der Waals surface area contributed by atoms with Crippen molar-refractivity contribution in [3.8, 4) is 0 Å². The lowest BCUT2D eigenvalue weighted by Gasteiger charge is -2.38. The van der Waals surface area contributed by atoms with Crippen LogP contribution < -0.4 is 10.6 Å². The van der Waals surface area contributed by atoms with Gasteiger partial charge in [-0.05, 0) is 51.6 Å². The highest BCUT2D eigenvalue weighted by Crippen LogP contribution is 2.22. The van der Waals surface area contributed by atoms with Crippen molar-refractivity contribution in [2.24, 2.45) is 11.8 Å². The Morgan fingerprint density at radius 3 is 3.00 bits per heavy atom. The van der Waals surface area contributed by atoms with Gasteiger partial charge in [-0.2, -0.15) is 0 Å². The van der Waals surface area contributed by atoms with Gasteiger partial charge in [0.25, 0.3) is 0 Å². The largest absolute Gasteiger partial charge is 0.373 e. The maximum Gasteiger partial charge on any atom is 0.220 e. The molecule has 0 saturated carbocycles. The van der Waals surface area contributed by atoms with Gasteiger partial charge in [-0.3, -0.25) is 9.69 Å². The molecule has 2 aliphatic heterocycles. The smallest absolute Gasteiger partial charge is 0.220 e. The fraction of sp³-hybridized carbons (Fsp3) is 0.941. The van der Waals surface area contributed by atoms with Crippen LogP contribution in [0.2, 0.25) is 0 Å². The number of carbonyl (C=O) groups is 1. The Balaban J connectivity index is 1.61. The molecule has 0 radical (unpaired) electrons. The quantitative estimate of drug-likeness (QED) is 0.775. The fourth-order valence-corrected chi connectivity index (χ4v) is 3.55. The standard InChI is InChI=1S/C17H33N3O2/c1-14(15-5-4-6-18-12-15)11-16(21)19-7-8-20-9-10-22-17(2,3)13-20/h14-15,18H,4-13H2,1-3H3,(H,19,21). The number of carbonyl (C=O) groups excluding carboxylic acids is 1. The predicted octanol–water partition coefficient (Wildman–Crippen LogP) is 1.24. The van der Waals surface area contributed by atoms with E-state index < -0.39 is 0 Å². The normalized spacial score (nSPS) is 27.3. The van der Waals surface area contributed by atoms with Crippen LogP contribution in [0, 0.1) is 11.8 Å². The Kier molecular flexibility index (Phi) is 6.66. The molecule has 0 aromatic heterocycles. The Morgan fingerprint density at radius 1 is 1.50 bits per heavy atom. The topological polar surface area (TPSA) is 53.6 Å². The number of nitrogens with zero attached hydrogens (tertiary/aromatic N) is 1. The highest BCUT2D eigenvalue weighted by Gasteiger charge is 2.27. The molecule has 5 heteroatoms. The zero-order chi connectivity index (χ0) is 16.0. The van der Waals surface area contributed by atoms with Gasteiger partial charge in [0.05, 0.1) is 12.2 Å². The van der Waals surface area contributed by atoms with E-state index >= 15 is 0 Å². The second-order valence-electron chi connectivity index (χ2n) is 7.52. The van der Waals surface area contributed by atoms with Crippen LogP contribution in [0.1, 0.15) is 40.0 Å². The Bertz CT molecular complexity index is 354. The first-order chi connectivity index (χ1) is 10.5. The van der Waals surface area contributed by atoms with Gasteiger partial charge in [0.1, 0.15) is 0 Å². The summed E-state index contributed by atoms with van der Waals surface area (Å²) in [7, 11) is 0. The zero-order valence-corrected chi connectivity index (χ0v) is 14.5. The summed E-state index contributed by atoms with van der Waals surface area (Å²) >= 11 is 0. The van der Waals surface area contributed by atoms with Crippen molar-refractivity contribution in [2.75, 3.05) is 45.9 Å². The minimum atomic E-state index is -0.0647. The summed E-state index contributed by atoms with van der Waals surface area (Å²) in [5.41, 5.74) is -0.0647. The number of piperidine rings is 1. The number of hydrogen-bond donors (Lipinski definition) is 2. The second kappa shape index (κ2) is 8.27. The van der Waals surface area contributed by atoms with Crippen molar-refractivity contribution in [3.05, 3.63) is 0 Å². The molecule has 2 saturated heterocycles. The van der Waals surface area contributed by atoms with Gasteiger partial charge < -0.3 is 15.4 Å². The molecule has 0 spiro atoms. The first kappa shape index (κ1) is 17.7. The first-order valence-corrected chi connectivity index (χ1v) is 8.80. The number of rotatable bonds is 6. The number of hydrogen-bond acceptors (Lipinski definition) is 4. The van der Waals surface area contributed by atoms with Crippen molar-refractivity contribution in [2.45, 2.75) is 45.6 Å². The lowest BCUT2D eigenvalue weighted by atomic mass is 9.85. The Morgan fingerprint density at radius 2 is 2.32 bits per heavy atom.